The molecule has 21 heavy (non-hydrogen) atoms. The molecule has 0 fully saturated rings. The SMILES string of the molecule is CCCCCCCCCCc1ccc2c(Br)c(Br)sc2c1. The van der Waals surface area contributed by atoms with Crippen LogP contribution in [0.5, 0.6) is 0 Å². The van der Waals surface area contributed by atoms with Crippen molar-refractivity contribution in [3.05, 3.63) is 32.0 Å². The van der Waals surface area contributed by atoms with Crippen molar-refractivity contribution in [1.82, 2.24) is 0 Å². The Labute approximate surface area is 149 Å². The first kappa shape index (κ1) is 17.5. The van der Waals surface area contributed by atoms with Crippen LogP contribution < -0.4 is 0 Å². The summed E-state index contributed by atoms with van der Waals surface area (Å²) in [5.41, 5.74) is 1.48. The number of benzene rings is 1. The molecule has 1 aromatic heterocycles. The summed E-state index contributed by atoms with van der Waals surface area (Å²) in [7, 11) is 0. The summed E-state index contributed by atoms with van der Waals surface area (Å²) in [6.45, 7) is 2.28. The van der Waals surface area contributed by atoms with Gasteiger partial charge in [-0.15, -0.1) is 11.3 Å². The van der Waals surface area contributed by atoms with E-state index in [4.69, 9.17) is 0 Å². The summed E-state index contributed by atoms with van der Waals surface area (Å²) in [6, 6.07) is 6.89. The van der Waals surface area contributed by atoms with E-state index in [0.29, 0.717) is 0 Å². The number of halogens is 2. The van der Waals surface area contributed by atoms with Crippen LogP contribution in [0.15, 0.2) is 26.5 Å². The summed E-state index contributed by atoms with van der Waals surface area (Å²) < 4.78 is 3.77. The van der Waals surface area contributed by atoms with Gasteiger partial charge in [0.2, 0.25) is 0 Å². The van der Waals surface area contributed by atoms with Gasteiger partial charge in [-0.1, -0.05) is 64.0 Å². The van der Waals surface area contributed by atoms with E-state index in [0.717, 1.165) is 0 Å². The molecule has 0 aliphatic rings. The number of hydrogen-bond acceptors (Lipinski definition) is 1. The Balaban J connectivity index is 1.71. The van der Waals surface area contributed by atoms with Gasteiger partial charge < -0.3 is 0 Å². The van der Waals surface area contributed by atoms with Crippen molar-refractivity contribution >= 4 is 53.3 Å². The van der Waals surface area contributed by atoms with Crippen molar-refractivity contribution in [1.29, 1.82) is 0 Å². The maximum absolute atomic E-state index is 3.64. The lowest BCUT2D eigenvalue weighted by atomic mass is 10.0. The van der Waals surface area contributed by atoms with E-state index in [2.05, 4.69) is 57.0 Å². The second-order valence-electron chi connectivity index (χ2n) is 5.75. The molecule has 0 nitrogen and oxygen atoms in total. The molecule has 2 aromatic rings. The van der Waals surface area contributed by atoms with Gasteiger partial charge in [0, 0.05) is 10.1 Å². The van der Waals surface area contributed by atoms with Gasteiger partial charge in [0.1, 0.15) is 0 Å². The molecule has 0 N–H and O–H groups in total. The van der Waals surface area contributed by atoms with Gasteiger partial charge in [0.15, 0.2) is 0 Å². The molecule has 0 spiro atoms. The summed E-state index contributed by atoms with van der Waals surface area (Å²) in [5.74, 6) is 0. The largest absolute Gasteiger partial charge is 0.127 e. The van der Waals surface area contributed by atoms with Crippen LogP contribution in [0.1, 0.15) is 63.9 Å². The van der Waals surface area contributed by atoms with Gasteiger partial charge in [-0.3, -0.25) is 0 Å². The summed E-state index contributed by atoms with van der Waals surface area (Å²) in [6.07, 6.45) is 12.4. The topological polar surface area (TPSA) is 0 Å². The molecule has 0 atom stereocenters. The second kappa shape index (κ2) is 9.32. The first-order valence-electron chi connectivity index (χ1n) is 8.08. The molecule has 0 amide bonds. The van der Waals surface area contributed by atoms with Crippen LogP contribution >= 0.6 is 43.2 Å². The van der Waals surface area contributed by atoms with Crippen LogP contribution in [-0.2, 0) is 6.42 Å². The molecule has 1 aromatic carbocycles. The quantitative estimate of drug-likeness (QED) is 0.351. The average molecular weight is 432 g/mol. The second-order valence-corrected chi connectivity index (χ2v) is 8.91. The molecule has 0 saturated carbocycles. The van der Waals surface area contributed by atoms with Crippen LogP contribution in [-0.4, -0.2) is 0 Å². The predicted molar refractivity (Wildman–Crippen MR) is 104 cm³/mol. The monoisotopic (exact) mass is 430 g/mol. The minimum Gasteiger partial charge on any atom is -0.127 e. The van der Waals surface area contributed by atoms with E-state index in [-0.39, 0.29) is 0 Å². The number of fused-ring (bicyclic) bond motifs is 1. The minimum absolute atomic E-state index is 1.20. The van der Waals surface area contributed by atoms with Crippen LogP contribution in [0.3, 0.4) is 0 Å². The van der Waals surface area contributed by atoms with Gasteiger partial charge in [0.05, 0.1) is 8.26 Å². The van der Waals surface area contributed by atoms with Gasteiger partial charge in [0.25, 0.3) is 0 Å². The Bertz CT molecular complexity index is 560. The fourth-order valence-electron chi connectivity index (χ4n) is 2.70. The molecular formula is C18H24Br2S. The first-order chi connectivity index (χ1) is 10.2. The third-order valence-electron chi connectivity index (χ3n) is 3.97. The molecule has 3 heteroatoms. The number of unbranched alkanes of at least 4 members (excludes halogenated alkanes) is 7. The third kappa shape index (κ3) is 5.37. The van der Waals surface area contributed by atoms with Crippen LogP contribution in [0.2, 0.25) is 0 Å². The van der Waals surface area contributed by atoms with Crippen LogP contribution in [0.4, 0.5) is 0 Å². The Kier molecular flexibility index (Phi) is 7.76. The van der Waals surface area contributed by atoms with E-state index >= 15 is 0 Å². The molecule has 0 aliphatic heterocycles. The zero-order chi connectivity index (χ0) is 15.1. The Morgan fingerprint density at radius 2 is 1.57 bits per heavy atom. The van der Waals surface area contributed by atoms with Gasteiger partial charge >= 0.3 is 0 Å². The maximum atomic E-state index is 3.64. The molecule has 0 aliphatic carbocycles. The van der Waals surface area contributed by atoms with Crippen LogP contribution in [0, 0.1) is 0 Å². The van der Waals surface area contributed by atoms with Gasteiger partial charge in [-0.2, -0.15) is 0 Å². The smallest absolute Gasteiger partial charge is 0.0853 e. The number of rotatable bonds is 9. The van der Waals surface area contributed by atoms with Gasteiger partial charge in [-0.25, -0.2) is 0 Å². The van der Waals surface area contributed by atoms with E-state index in [9.17, 15) is 0 Å². The van der Waals surface area contributed by atoms with Crippen molar-refractivity contribution in [2.24, 2.45) is 0 Å². The Morgan fingerprint density at radius 3 is 2.29 bits per heavy atom. The number of hydrogen-bond donors (Lipinski definition) is 0. The maximum Gasteiger partial charge on any atom is 0.0853 e. The highest BCUT2D eigenvalue weighted by molar-refractivity contribution is 9.13. The lowest BCUT2D eigenvalue weighted by Gasteiger charge is -2.03. The zero-order valence-corrected chi connectivity index (χ0v) is 16.7. The van der Waals surface area contributed by atoms with E-state index in [1.54, 1.807) is 0 Å². The molecule has 0 unspecified atom stereocenters. The fraction of sp³-hybridized carbons (Fsp3) is 0.556. The predicted octanol–water partition coefficient (Wildman–Crippen LogP) is 8.11. The van der Waals surface area contributed by atoms with Crippen molar-refractivity contribution in [2.75, 3.05) is 0 Å². The molecule has 0 radical (unpaired) electrons. The van der Waals surface area contributed by atoms with E-state index in [1.807, 2.05) is 11.3 Å². The summed E-state index contributed by atoms with van der Waals surface area (Å²) in [5, 5.41) is 1.33. The fourth-order valence-corrected chi connectivity index (χ4v) is 5.04. The van der Waals surface area contributed by atoms with Crippen molar-refractivity contribution < 1.29 is 0 Å². The van der Waals surface area contributed by atoms with Crippen molar-refractivity contribution in [2.45, 2.75) is 64.7 Å². The molecule has 0 saturated heterocycles. The first-order valence-corrected chi connectivity index (χ1v) is 10.5. The summed E-state index contributed by atoms with van der Waals surface area (Å²) in [4.78, 5) is 0. The zero-order valence-electron chi connectivity index (χ0n) is 12.8. The van der Waals surface area contributed by atoms with E-state index in [1.165, 1.54) is 81.7 Å². The Hall–Kier alpha value is 0.140. The normalized spacial score (nSPS) is 11.4. The minimum atomic E-state index is 1.20. The van der Waals surface area contributed by atoms with Crippen molar-refractivity contribution in [3.8, 4) is 0 Å². The number of thiophene rings is 1. The highest BCUT2D eigenvalue weighted by Gasteiger charge is 2.07. The molecule has 2 rings (SSSR count). The molecule has 0 bridgehead atoms. The standard InChI is InChI=1S/C18H24Br2S/c1-2-3-4-5-6-7-8-9-10-14-11-12-15-16(13-14)21-18(20)17(15)19/h11-13H,2-10H2,1H3. The summed E-state index contributed by atoms with van der Waals surface area (Å²) >= 11 is 9.06. The van der Waals surface area contributed by atoms with Crippen molar-refractivity contribution in [3.63, 3.8) is 0 Å². The highest BCUT2D eigenvalue weighted by atomic mass is 79.9. The lowest BCUT2D eigenvalue weighted by molar-refractivity contribution is 0.575. The lowest BCUT2D eigenvalue weighted by Crippen LogP contribution is -1.86. The van der Waals surface area contributed by atoms with Crippen LogP contribution in [0.25, 0.3) is 10.1 Å². The average Bonchev–Trinajstić information content (AvgIpc) is 2.76. The van der Waals surface area contributed by atoms with Gasteiger partial charge in [-0.05, 0) is 56.3 Å². The highest BCUT2D eigenvalue weighted by Crippen LogP contribution is 2.39. The molecular weight excluding hydrogens is 408 g/mol. The third-order valence-corrected chi connectivity index (χ3v) is 7.41. The Morgan fingerprint density at radius 1 is 0.905 bits per heavy atom. The molecule has 1 heterocycles. The number of aryl methyl sites for hydroxylation is 1. The van der Waals surface area contributed by atoms with E-state index < -0.39 is 0 Å². The molecule has 116 valence electrons.